The molecule has 2 rings (SSSR count). The third-order valence-electron chi connectivity index (χ3n) is 3.95. The Morgan fingerprint density at radius 1 is 1.24 bits per heavy atom. The average Bonchev–Trinajstić information content (AvgIpc) is 3.04. The number of hydrogen-bond donors (Lipinski definition) is 1. The molecular weight excluding hydrogens is 334 g/mol. The van der Waals surface area contributed by atoms with Crippen molar-refractivity contribution in [2.75, 3.05) is 5.75 Å². The molecule has 1 N–H and O–H groups in total. The van der Waals surface area contributed by atoms with Crippen molar-refractivity contribution in [3.05, 3.63) is 24.5 Å². The predicted octanol–water partition coefficient (Wildman–Crippen LogP) is 3.54. The Labute approximate surface area is 153 Å². The highest BCUT2D eigenvalue weighted by Crippen LogP contribution is 2.23. The van der Waals surface area contributed by atoms with E-state index in [0.29, 0.717) is 5.75 Å². The fourth-order valence-electron chi connectivity index (χ4n) is 2.61. The molecule has 6 nitrogen and oxygen atoms in total. The summed E-state index contributed by atoms with van der Waals surface area (Å²) in [6, 6.07) is 4.04. The number of unbranched alkanes of at least 4 members (excludes halogenated alkanes) is 2. The number of nitrogens with zero attached hydrogens (tertiary/aromatic N) is 4. The topological polar surface area (TPSA) is 72.7 Å². The molecule has 0 saturated carbocycles. The number of nitrogens with one attached hydrogen (secondary N) is 1. The normalized spacial score (nSPS) is 12.1. The van der Waals surface area contributed by atoms with Crippen LogP contribution in [-0.2, 0) is 11.3 Å². The smallest absolute Gasteiger partial charge is 0.230 e. The van der Waals surface area contributed by atoms with Gasteiger partial charge in [0.1, 0.15) is 0 Å². The zero-order valence-electron chi connectivity index (χ0n) is 15.2. The van der Waals surface area contributed by atoms with Gasteiger partial charge >= 0.3 is 0 Å². The van der Waals surface area contributed by atoms with Crippen LogP contribution >= 0.6 is 11.8 Å². The van der Waals surface area contributed by atoms with Gasteiger partial charge < -0.3 is 9.88 Å². The maximum absolute atomic E-state index is 12.1. The van der Waals surface area contributed by atoms with Crippen molar-refractivity contribution in [2.24, 2.45) is 0 Å². The maximum Gasteiger partial charge on any atom is 0.230 e. The SMILES string of the molecule is CCCCCC(C)NC(=O)CSc1nnc(-c2ccncc2)n1CC. The second kappa shape index (κ2) is 10.2. The summed E-state index contributed by atoms with van der Waals surface area (Å²) in [6.07, 6.45) is 8.08. The lowest BCUT2D eigenvalue weighted by Gasteiger charge is -2.13. The minimum atomic E-state index is 0.0464. The lowest BCUT2D eigenvalue weighted by molar-refractivity contribution is -0.119. The number of thioether (sulfide) groups is 1. The van der Waals surface area contributed by atoms with Crippen molar-refractivity contribution in [3.8, 4) is 11.4 Å². The van der Waals surface area contributed by atoms with E-state index in [0.717, 1.165) is 35.9 Å². The molecule has 2 heterocycles. The van der Waals surface area contributed by atoms with Gasteiger partial charge in [-0.15, -0.1) is 10.2 Å². The number of rotatable bonds is 10. The van der Waals surface area contributed by atoms with Gasteiger partial charge in [-0.1, -0.05) is 37.9 Å². The fourth-order valence-corrected chi connectivity index (χ4v) is 3.43. The average molecular weight is 362 g/mol. The molecule has 0 aliphatic carbocycles. The Balaban J connectivity index is 1.90. The molecule has 0 fully saturated rings. The van der Waals surface area contributed by atoms with Crippen LogP contribution in [0.25, 0.3) is 11.4 Å². The molecular formula is C18H27N5OS. The minimum Gasteiger partial charge on any atom is -0.353 e. The molecule has 0 saturated heterocycles. The van der Waals surface area contributed by atoms with E-state index in [4.69, 9.17) is 0 Å². The first-order chi connectivity index (χ1) is 12.2. The van der Waals surface area contributed by atoms with Gasteiger partial charge in [-0.25, -0.2) is 0 Å². The van der Waals surface area contributed by atoms with Crippen LogP contribution in [0.3, 0.4) is 0 Å². The summed E-state index contributed by atoms with van der Waals surface area (Å²) < 4.78 is 2.03. The molecule has 25 heavy (non-hydrogen) atoms. The predicted molar refractivity (Wildman–Crippen MR) is 101 cm³/mol. The summed E-state index contributed by atoms with van der Waals surface area (Å²) in [5.74, 6) is 1.21. The molecule has 0 bridgehead atoms. The first kappa shape index (κ1) is 19.4. The Kier molecular flexibility index (Phi) is 7.91. The van der Waals surface area contributed by atoms with E-state index in [1.807, 2.05) is 23.6 Å². The number of amides is 1. The molecule has 0 aliphatic heterocycles. The van der Waals surface area contributed by atoms with Gasteiger partial charge in [0, 0.05) is 30.5 Å². The number of hydrogen-bond acceptors (Lipinski definition) is 5. The Hall–Kier alpha value is -1.89. The minimum absolute atomic E-state index is 0.0464. The van der Waals surface area contributed by atoms with Crippen LogP contribution in [0.2, 0.25) is 0 Å². The quantitative estimate of drug-likeness (QED) is 0.518. The van der Waals surface area contributed by atoms with E-state index in [1.54, 1.807) is 12.4 Å². The van der Waals surface area contributed by atoms with Gasteiger partial charge in [0.2, 0.25) is 5.91 Å². The van der Waals surface area contributed by atoms with Crippen LogP contribution < -0.4 is 5.32 Å². The number of pyridine rings is 1. The maximum atomic E-state index is 12.1. The lowest BCUT2D eigenvalue weighted by atomic mass is 10.1. The van der Waals surface area contributed by atoms with Crippen LogP contribution in [-0.4, -0.2) is 37.5 Å². The second-order valence-corrected chi connectivity index (χ2v) is 6.98. The number of carbonyl (C=O) groups excluding carboxylic acids is 1. The van der Waals surface area contributed by atoms with Crippen molar-refractivity contribution in [1.82, 2.24) is 25.1 Å². The molecule has 0 aliphatic rings. The summed E-state index contributed by atoms with van der Waals surface area (Å²) in [4.78, 5) is 16.2. The van der Waals surface area contributed by atoms with Crippen LogP contribution in [0, 0.1) is 0 Å². The van der Waals surface area contributed by atoms with Crippen molar-refractivity contribution in [3.63, 3.8) is 0 Å². The molecule has 1 amide bonds. The fraction of sp³-hybridized carbons (Fsp3) is 0.556. The monoisotopic (exact) mass is 361 g/mol. The molecule has 7 heteroatoms. The van der Waals surface area contributed by atoms with E-state index in [1.165, 1.54) is 24.6 Å². The first-order valence-electron chi connectivity index (χ1n) is 8.91. The largest absolute Gasteiger partial charge is 0.353 e. The van der Waals surface area contributed by atoms with Gasteiger partial charge in [-0.2, -0.15) is 0 Å². The highest BCUT2D eigenvalue weighted by atomic mass is 32.2. The van der Waals surface area contributed by atoms with Crippen LogP contribution in [0.15, 0.2) is 29.7 Å². The summed E-state index contributed by atoms with van der Waals surface area (Å²) in [6.45, 7) is 7.05. The van der Waals surface area contributed by atoms with Gasteiger partial charge in [0.15, 0.2) is 11.0 Å². The second-order valence-electron chi connectivity index (χ2n) is 6.04. The molecule has 2 aromatic heterocycles. The van der Waals surface area contributed by atoms with E-state index < -0.39 is 0 Å². The van der Waals surface area contributed by atoms with E-state index in [9.17, 15) is 4.79 Å². The molecule has 0 radical (unpaired) electrons. The number of aromatic nitrogens is 4. The van der Waals surface area contributed by atoms with Crippen molar-refractivity contribution >= 4 is 17.7 Å². The van der Waals surface area contributed by atoms with Crippen LogP contribution in [0.1, 0.15) is 46.5 Å². The Morgan fingerprint density at radius 3 is 2.68 bits per heavy atom. The van der Waals surface area contributed by atoms with Gasteiger partial charge in [0.25, 0.3) is 0 Å². The summed E-state index contributed by atoms with van der Waals surface area (Å²) in [5, 5.41) is 12.4. The van der Waals surface area contributed by atoms with Crippen molar-refractivity contribution < 1.29 is 4.79 Å². The molecule has 1 atom stereocenters. The van der Waals surface area contributed by atoms with E-state index >= 15 is 0 Å². The van der Waals surface area contributed by atoms with Gasteiger partial charge in [-0.3, -0.25) is 9.78 Å². The highest BCUT2D eigenvalue weighted by molar-refractivity contribution is 7.99. The molecule has 2 aromatic rings. The zero-order valence-corrected chi connectivity index (χ0v) is 16.1. The Morgan fingerprint density at radius 2 is 2.00 bits per heavy atom. The molecule has 0 spiro atoms. The van der Waals surface area contributed by atoms with Gasteiger partial charge in [0.05, 0.1) is 5.75 Å². The molecule has 1 unspecified atom stereocenters. The third kappa shape index (κ3) is 5.85. The first-order valence-corrected chi connectivity index (χ1v) is 9.90. The number of carbonyl (C=O) groups is 1. The van der Waals surface area contributed by atoms with Crippen molar-refractivity contribution in [1.29, 1.82) is 0 Å². The standard InChI is InChI=1S/C18H27N5OS/c1-4-6-7-8-14(3)20-16(24)13-25-18-22-21-17(23(18)5-2)15-9-11-19-12-10-15/h9-12,14H,4-8,13H2,1-3H3,(H,20,24). The molecule has 136 valence electrons. The summed E-state index contributed by atoms with van der Waals surface area (Å²) in [7, 11) is 0. The van der Waals surface area contributed by atoms with E-state index in [2.05, 4.69) is 34.3 Å². The summed E-state index contributed by atoms with van der Waals surface area (Å²) in [5.41, 5.74) is 0.977. The third-order valence-corrected chi connectivity index (χ3v) is 4.92. The Bertz CT molecular complexity index is 659. The summed E-state index contributed by atoms with van der Waals surface area (Å²) >= 11 is 1.43. The van der Waals surface area contributed by atoms with E-state index in [-0.39, 0.29) is 11.9 Å². The van der Waals surface area contributed by atoms with Crippen LogP contribution in [0.4, 0.5) is 0 Å². The zero-order chi connectivity index (χ0) is 18.1. The highest BCUT2D eigenvalue weighted by Gasteiger charge is 2.15. The lowest BCUT2D eigenvalue weighted by Crippen LogP contribution is -2.33. The van der Waals surface area contributed by atoms with Crippen molar-refractivity contribution in [2.45, 2.75) is 64.2 Å². The van der Waals surface area contributed by atoms with Crippen LogP contribution in [0.5, 0.6) is 0 Å². The molecule has 0 aromatic carbocycles. The van der Waals surface area contributed by atoms with Gasteiger partial charge in [-0.05, 0) is 32.4 Å².